The first-order valence-electron chi connectivity index (χ1n) is 2.04. The van der Waals surface area contributed by atoms with Gasteiger partial charge in [-0.1, -0.05) is 0 Å². The molecular formula is C4H7INO-. The summed E-state index contributed by atoms with van der Waals surface area (Å²) in [7, 11) is 1.57. The van der Waals surface area contributed by atoms with Crippen LogP contribution in [0.2, 0.25) is 0 Å². The zero-order valence-corrected chi connectivity index (χ0v) is 6.23. The maximum absolute atomic E-state index is 7.06. The van der Waals surface area contributed by atoms with E-state index in [1.54, 1.807) is 7.11 Å². The van der Waals surface area contributed by atoms with Gasteiger partial charge in [-0.2, -0.15) is 0 Å². The molecule has 42 valence electrons. The predicted octanol–water partition coefficient (Wildman–Crippen LogP) is -2.92. The van der Waals surface area contributed by atoms with E-state index in [0.717, 1.165) is 0 Å². The summed E-state index contributed by atoms with van der Waals surface area (Å²) in [5.41, 5.74) is 0. The van der Waals surface area contributed by atoms with Gasteiger partial charge in [0.05, 0.1) is 0 Å². The third-order valence-electron chi connectivity index (χ3n) is 0.813. The molecule has 7 heavy (non-hydrogen) atoms. The Balaban J connectivity index is 2.24. The summed E-state index contributed by atoms with van der Waals surface area (Å²) in [6.45, 7) is 0. The average molecular weight is 212 g/mol. The molecular weight excluding hydrogens is 205 g/mol. The van der Waals surface area contributed by atoms with E-state index in [9.17, 15) is 0 Å². The molecule has 1 N–H and O–H groups in total. The second-order valence-corrected chi connectivity index (χ2v) is 4.61. The first-order valence-corrected chi connectivity index (χ1v) is 4.82. The predicted molar refractivity (Wildman–Crippen MR) is 23.4 cm³/mol. The normalized spacial score (nSPS) is 27.9. The summed E-state index contributed by atoms with van der Waals surface area (Å²) >= 11 is 0.378. The van der Waals surface area contributed by atoms with E-state index in [1.807, 2.05) is 0 Å². The van der Waals surface area contributed by atoms with Crippen molar-refractivity contribution in [1.29, 1.82) is 5.41 Å². The molecule has 2 nitrogen and oxygen atoms in total. The quantitative estimate of drug-likeness (QED) is 0.215. The van der Waals surface area contributed by atoms with Gasteiger partial charge in [0.25, 0.3) is 0 Å². The van der Waals surface area contributed by atoms with E-state index in [1.165, 1.54) is 4.43 Å². The number of rotatable bonds is 1. The van der Waals surface area contributed by atoms with Crippen molar-refractivity contribution in [3.8, 4) is 0 Å². The zero-order chi connectivity index (χ0) is 5.28. The molecule has 0 aromatic carbocycles. The van der Waals surface area contributed by atoms with Gasteiger partial charge in [-0.15, -0.1) is 0 Å². The number of alkyl halides is 2. The minimum absolute atomic E-state index is 0.378. The molecule has 0 aliphatic carbocycles. The number of halogens is 1. The van der Waals surface area contributed by atoms with Crippen LogP contribution in [0.25, 0.3) is 0 Å². The van der Waals surface area contributed by atoms with Crippen LogP contribution < -0.4 is 21.2 Å². The molecule has 1 saturated heterocycles. The van der Waals surface area contributed by atoms with Gasteiger partial charge in [-0.3, -0.25) is 0 Å². The Morgan fingerprint density at radius 1 is 2.00 bits per heavy atom. The molecule has 1 unspecified atom stereocenters. The van der Waals surface area contributed by atoms with Crippen LogP contribution in [0.3, 0.4) is 0 Å². The fraction of sp³-hybridized carbons (Fsp3) is 0.750. The molecule has 1 aliphatic heterocycles. The Hall–Kier alpha value is 0.200. The molecule has 1 heterocycles. The van der Waals surface area contributed by atoms with Gasteiger partial charge in [0.1, 0.15) is 0 Å². The fourth-order valence-electron chi connectivity index (χ4n) is 0.313. The van der Waals surface area contributed by atoms with E-state index in [4.69, 9.17) is 5.41 Å². The summed E-state index contributed by atoms with van der Waals surface area (Å²) in [5, 5.41) is 7.06. The molecule has 1 fully saturated rings. The molecule has 3 heteroatoms. The molecule has 0 radical (unpaired) electrons. The number of ether oxygens (including phenoxy) is 1. The zero-order valence-electron chi connectivity index (χ0n) is 4.07. The first kappa shape index (κ1) is 5.34. The topological polar surface area (TPSA) is 33.1 Å². The van der Waals surface area contributed by atoms with Gasteiger partial charge in [0.15, 0.2) is 0 Å². The van der Waals surface area contributed by atoms with Crippen LogP contribution in [0.15, 0.2) is 0 Å². The molecule has 0 spiro atoms. The van der Waals surface area contributed by atoms with Crippen molar-refractivity contribution in [2.45, 2.75) is 3.92 Å². The van der Waals surface area contributed by atoms with Gasteiger partial charge in [-0.05, 0) is 0 Å². The van der Waals surface area contributed by atoms with Crippen LogP contribution in [-0.2, 0) is 4.74 Å². The molecule has 0 bridgehead atoms. The van der Waals surface area contributed by atoms with Crippen LogP contribution in [0.1, 0.15) is 0 Å². The number of nitrogens with one attached hydrogen (secondary N) is 1. The first-order chi connectivity index (χ1) is 3.34. The Labute approximate surface area is 53.0 Å². The van der Waals surface area contributed by atoms with E-state index in [0.29, 0.717) is 31.0 Å². The van der Waals surface area contributed by atoms with Crippen molar-refractivity contribution < 1.29 is 25.9 Å². The fourth-order valence-corrected chi connectivity index (χ4v) is 1.62. The minimum atomic E-state index is 0.378. The van der Waals surface area contributed by atoms with E-state index < -0.39 is 0 Å². The summed E-state index contributed by atoms with van der Waals surface area (Å²) in [6.07, 6.45) is 0. The Bertz CT molecular complexity index is 89.7. The second kappa shape index (κ2) is 1.98. The van der Waals surface area contributed by atoms with Crippen molar-refractivity contribution in [2.24, 2.45) is 0 Å². The number of hydrogen-bond acceptors (Lipinski definition) is 2. The third kappa shape index (κ3) is 1.29. The SMILES string of the molecule is COC(=N)C1C[I-]1. The van der Waals surface area contributed by atoms with E-state index in [-0.39, 0.29) is 0 Å². The van der Waals surface area contributed by atoms with Crippen LogP contribution in [0, 0.1) is 5.41 Å². The number of hydrogen-bond donors (Lipinski definition) is 1. The van der Waals surface area contributed by atoms with E-state index in [2.05, 4.69) is 4.74 Å². The van der Waals surface area contributed by atoms with Crippen molar-refractivity contribution in [2.75, 3.05) is 11.5 Å². The molecule has 0 aromatic heterocycles. The molecule has 0 aromatic rings. The standard InChI is InChI=1S/C4H7INO/c1-7-4(6)3-2-5-3/h3,6H,2H2,1H3/q-1. The summed E-state index contributed by atoms with van der Waals surface area (Å²) in [5.74, 6) is 0.507. The van der Waals surface area contributed by atoms with Crippen molar-refractivity contribution in [3.05, 3.63) is 0 Å². The van der Waals surface area contributed by atoms with Crippen LogP contribution in [0.4, 0.5) is 0 Å². The average Bonchev–Trinajstić information content (AvgIpc) is 2.44. The Kier molecular flexibility index (Phi) is 1.51. The van der Waals surface area contributed by atoms with Gasteiger partial charge >= 0.3 is 52.7 Å². The summed E-state index contributed by atoms with van der Waals surface area (Å²) in [6, 6.07) is 0. The molecule has 1 atom stereocenters. The summed E-state index contributed by atoms with van der Waals surface area (Å²) in [4.78, 5) is 0. The van der Waals surface area contributed by atoms with Crippen LogP contribution in [0.5, 0.6) is 0 Å². The van der Waals surface area contributed by atoms with Crippen LogP contribution in [-0.4, -0.2) is 21.4 Å². The monoisotopic (exact) mass is 212 g/mol. The van der Waals surface area contributed by atoms with Gasteiger partial charge in [0, 0.05) is 0 Å². The Morgan fingerprint density at radius 3 is 2.71 bits per heavy atom. The van der Waals surface area contributed by atoms with Gasteiger partial charge in [-0.25, -0.2) is 0 Å². The van der Waals surface area contributed by atoms with Gasteiger partial charge < -0.3 is 0 Å². The number of methoxy groups -OCH3 is 1. The molecule has 0 amide bonds. The van der Waals surface area contributed by atoms with Crippen molar-refractivity contribution >= 4 is 5.90 Å². The van der Waals surface area contributed by atoms with Gasteiger partial charge in [0.2, 0.25) is 0 Å². The van der Waals surface area contributed by atoms with Crippen molar-refractivity contribution in [1.82, 2.24) is 0 Å². The molecule has 1 aliphatic rings. The third-order valence-corrected chi connectivity index (χ3v) is 3.14. The Morgan fingerprint density at radius 2 is 2.57 bits per heavy atom. The van der Waals surface area contributed by atoms with Crippen molar-refractivity contribution in [3.63, 3.8) is 0 Å². The van der Waals surface area contributed by atoms with Crippen LogP contribution >= 0.6 is 0 Å². The van der Waals surface area contributed by atoms with E-state index >= 15 is 0 Å². The molecule has 1 rings (SSSR count). The second-order valence-electron chi connectivity index (χ2n) is 1.34. The summed E-state index contributed by atoms with van der Waals surface area (Å²) < 4.78 is 6.54. The molecule has 0 saturated carbocycles. The maximum atomic E-state index is 7.06.